The summed E-state index contributed by atoms with van der Waals surface area (Å²) in [5, 5.41) is 10.9. The molecule has 5 nitrogen and oxygen atoms in total. The summed E-state index contributed by atoms with van der Waals surface area (Å²) in [7, 11) is 0. The maximum atomic E-state index is 6.63. The van der Waals surface area contributed by atoms with E-state index in [0.29, 0.717) is 17.5 Å². The maximum absolute atomic E-state index is 6.63. The lowest BCUT2D eigenvalue weighted by Crippen LogP contribution is -2.01. The first kappa shape index (κ1) is 30.8. The molecule has 0 N–H and O–H groups in total. The molecule has 0 bridgehead atoms. The van der Waals surface area contributed by atoms with Crippen molar-refractivity contribution in [3.05, 3.63) is 176 Å². The predicted molar refractivity (Wildman–Crippen MR) is 229 cm³/mol. The molecule has 9 aromatic carbocycles. The average Bonchev–Trinajstić information content (AvgIpc) is 3.84. The van der Waals surface area contributed by atoms with Gasteiger partial charge in [0.2, 0.25) is 0 Å². The molecule has 0 amide bonds. The van der Waals surface area contributed by atoms with Crippen LogP contribution in [0.5, 0.6) is 0 Å². The highest BCUT2D eigenvalue weighted by Crippen LogP contribution is 2.43. The molecule has 0 spiro atoms. The minimum Gasteiger partial charge on any atom is -0.456 e. The van der Waals surface area contributed by atoms with Crippen LogP contribution < -0.4 is 0 Å². The summed E-state index contributed by atoms with van der Waals surface area (Å²) in [4.78, 5) is 16.0. The van der Waals surface area contributed by atoms with Crippen LogP contribution in [0.25, 0.3) is 121 Å². The molecule has 260 valence electrons. The molecule has 3 heterocycles. The Hall–Kier alpha value is -7.63. The summed E-state index contributed by atoms with van der Waals surface area (Å²) in [5.41, 5.74) is 7.84. The van der Waals surface area contributed by atoms with Crippen LogP contribution in [0.15, 0.2) is 185 Å². The number of rotatable bonds is 4. The third kappa shape index (κ3) is 4.71. The summed E-state index contributed by atoms with van der Waals surface area (Å²) in [5.74, 6) is 1.76. The fourth-order valence-corrected chi connectivity index (χ4v) is 8.47. The average molecular weight is 716 g/mol. The summed E-state index contributed by atoms with van der Waals surface area (Å²) in [6, 6.07) is 61.0. The smallest absolute Gasteiger partial charge is 0.164 e. The third-order valence-electron chi connectivity index (χ3n) is 11.1. The number of hydrogen-bond donors (Lipinski definition) is 0. The van der Waals surface area contributed by atoms with Gasteiger partial charge in [0.05, 0.1) is 0 Å². The zero-order chi connectivity index (χ0) is 36.7. The quantitative estimate of drug-likeness (QED) is 0.170. The van der Waals surface area contributed by atoms with E-state index in [1.54, 1.807) is 0 Å². The van der Waals surface area contributed by atoms with Crippen LogP contribution >= 0.6 is 0 Å². The Kier molecular flexibility index (Phi) is 6.56. The third-order valence-corrected chi connectivity index (χ3v) is 11.1. The molecule has 0 radical (unpaired) electrons. The van der Waals surface area contributed by atoms with Crippen LogP contribution in [-0.2, 0) is 0 Å². The van der Waals surface area contributed by atoms with E-state index < -0.39 is 0 Å². The van der Waals surface area contributed by atoms with Gasteiger partial charge in [0, 0.05) is 43.8 Å². The van der Waals surface area contributed by atoms with Crippen molar-refractivity contribution < 1.29 is 8.83 Å². The van der Waals surface area contributed by atoms with E-state index >= 15 is 0 Å². The van der Waals surface area contributed by atoms with Crippen LogP contribution in [0, 0.1) is 0 Å². The second-order valence-electron chi connectivity index (χ2n) is 14.3. The van der Waals surface area contributed by atoms with Crippen molar-refractivity contribution in [2.45, 2.75) is 0 Å². The first-order chi connectivity index (χ1) is 27.7. The van der Waals surface area contributed by atoms with Gasteiger partial charge in [0.15, 0.2) is 17.5 Å². The van der Waals surface area contributed by atoms with Gasteiger partial charge in [-0.1, -0.05) is 140 Å². The monoisotopic (exact) mass is 715 g/mol. The first-order valence-corrected chi connectivity index (χ1v) is 18.8. The molecule has 12 rings (SSSR count). The highest BCUT2D eigenvalue weighted by atomic mass is 16.3. The molecule has 5 heteroatoms. The van der Waals surface area contributed by atoms with Crippen LogP contribution in [0.4, 0.5) is 0 Å². The van der Waals surface area contributed by atoms with E-state index in [0.717, 1.165) is 98.6 Å². The molecule has 3 aromatic heterocycles. The van der Waals surface area contributed by atoms with E-state index in [9.17, 15) is 0 Å². The zero-order valence-corrected chi connectivity index (χ0v) is 29.9. The van der Waals surface area contributed by atoms with Crippen LogP contribution in [0.2, 0.25) is 0 Å². The topological polar surface area (TPSA) is 65.0 Å². The number of fused-ring (bicyclic) bond motifs is 10. The highest BCUT2D eigenvalue weighted by molar-refractivity contribution is 6.16. The van der Waals surface area contributed by atoms with Gasteiger partial charge in [0.1, 0.15) is 22.3 Å². The van der Waals surface area contributed by atoms with Gasteiger partial charge in [-0.05, 0) is 74.3 Å². The molecule has 0 saturated carbocycles. The van der Waals surface area contributed by atoms with Crippen molar-refractivity contribution in [2.75, 3.05) is 0 Å². The molecule has 0 fully saturated rings. The SMILES string of the molecule is c1ccc2cc(-c3nc(-c4cc5ccccc5c5ccccc45)nc(-c4cc(-c5cccc6c5oc5ccccc56)cc5oc6ccccc6c45)n3)ccc2c1. The molecule has 0 unspecified atom stereocenters. The van der Waals surface area contributed by atoms with Gasteiger partial charge in [-0.2, -0.15) is 0 Å². The molecule has 0 aliphatic rings. The summed E-state index contributed by atoms with van der Waals surface area (Å²) in [6.45, 7) is 0. The lowest BCUT2D eigenvalue weighted by Gasteiger charge is -2.14. The zero-order valence-electron chi connectivity index (χ0n) is 29.9. The second kappa shape index (κ2) is 11.9. The van der Waals surface area contributed by atoms with Crippen molar-refractivity contribution in [1.82, 2.24) is 15.0 Å². The van der Waals surface area contributed by atoms with Gasteiger partial charge in [-0.15, -0.1) is 0 Å². The summed E-state index contributed by atoms with van der Waals surface area (Å²) >= 11 is 0. The Bertz CT molecular complexity index is 3560. The van der Waals surface area contributed by atoms with E-state index in [2.05, 4.69) is 140 Å². The Morgan fingerprint density at radius 3 is 1.77 bits per heavy atom. The lowest BCUT2D eigenvalue weighted by atomic mass is 9.96. The van der Waals surface area contributed by atoms with E-state index in [4.69, 9.17) is 23.8 Å². The number of nitrogens with zero attached hydrogens (tertiary/aromatic N) is 3. The number of hydrogen-bond acceptors (Lipinski definition) is 5. The second-order valence-corrected chi connectivity index (χ2v) is 14.3. The Morgan fingerprint density at radius 2 is 0.929 bits per heavy atom. The van der Waals surface area contributed by atoms with Gasteiger partial charge in [0.25, 0.3) is 0 Å². The van der Waals surface area contributed by atoms with Gasteiger partial charge < -0.3 is 8.83 Å². The van der Waals surface area contributed by atoms with Gasteiger partial charge in [-0.25, -0.2) is 15.0 Å². The molecule has 0 saturated heterocycles. The normalized spacial score (nSPS) is 11.9. The van der Waals surface area contributed by atoms with Crippen molar-refractivity contribution in [3.8, 4) is 45.3 Å². The Labute approximate surface area is 320 Å². The standard InChI is InChI=1S/C51H29N3O2/c1-2-13-31-26-33(25-24-30(31)12-1)49-52-50(42-27-32-14-3-4-15-35(32)37-16-5-6-17-38(37)42)54-51(53-49)43-28-34(29-46-47(43)41-19-8-10-23-45(41)55-46)36-20-11-21-40-39-18-7-9-22-44(39)56-48(36)40/h1-29H. The van der Waals surface area contributed by atoms with E-state index in [1.807, 2.05) is 36.4 Å². The van der Waals surface area contributed by atoms with Crippen LogP contribution in [-0.4, -0.2) is 15.0 Å². The summed E-state index contributed by atoms with van der Waals surface area (Å²) < 4.78 is 13.2. The highest BCUT2D eigenvalue weighted by Gasteiger charge is 2.22. The minimum absolute atomic E-state index is 0.561. The van der Waals surface area contributed by atoms with Crippen molar-refractivity contribution in [2.24, 2.45) is 0 Å². The number of aromatic nitrogens is 3. The van der Waals surface area contributed by atoms with Crippen molar-refractivity contribution >= 4 is 76.2 Å². The molecular weight excluding hydrogens is 687 g/mol. The molecule has 56 heavy (non-hydrogen) atoms. The van der Waals surface area contributed by atoms with Gasteiger partial charge >= 0.3 is 0 Å². The Balaban J connectivity index is 1.18. The Morgan fingerprint density at radius 1 is 0.304 bits per heavy atom. The van der Waals surface area contributed by atoms with Gasteiger partial charge in [-0.3, -0.25) is 0 Å². The molecule has 0 atom stereocenters. The fraction of sp³-hybridized carbons (Fsp3) is 0. The number of furan rings is 2. The summed E-state index contributed by atoms with van der Waals surface area (Å²) in [6.07, 6.45) is 0. The lowest BCUT2D eigenvalue weighted by molar-refractivity contribution is 0.668. The minimum atomic E-state index is 0.561. The number of benzene rings is 9. The van der Waals surface area contributed by atoms with E-state index in [-0.39, 0.29) is 0 Å². The van der Waals surface area contributed by atoms with Crippen molar-refractivity contribution in [1.29, 1.82) is 0 Å². The molecule has 0 aliphatic carbocycles. The predicted octanol–water partition coefficient (Wildman–Crippen LogP) is 13.8. The number of para-hydroxylation sites is 3. The fourth-order valence-electron chi connectivity index (χ4n) is 8.47. The molecule has 12 aromatic rings. The van der Waals surface area contributed by atoms with E-state index in [1.165, 1.54) is 5.39 Å². The van der Waals surface area contributed by atoms with Crippen LogP contribution in [0.3, 0.4) is 0 Å². The van der Waals surface area contributed by atoms with Crippen LogP contribution in [0.1, 0.15) is 0 Å². The first-order valence-electron chi connectivity index (χ1n) is 18.8. The maximum Gasteiger partial charge on any atom is 0.164 e. The van der Waals surface area contributed by atoms with Crippen molar-refractivity contribution in [3.63, 3.8) is 0 Å². The largest absolute Gasteiger partial charge is 0.456 e. The molecular formula is C51H29N3O2. The molecule has 0 aliphatic heterocycles.